The number of unbranched alkanes of at least 4 members (excludes halogenated alkanes) is 1. The number of methoxy groups -OCH3 is 1. The van der Waals surface area contributed by atoms with Crippen molar-refractivity contribution in [3.63, 3.8) is 0 Å². The van der Waals surface area contributed by atoms with Gasteiger partial charge in [0.2, 0.25) is 0 Å². The number of nitrogens with one attached hydrogen (secondary N) is 2. The molecule has 0 aliphatic heterocycles. The molecular weight excluding hydrogens is 552 g/mol. The van der Waals surface area contributed by atoms with Gasteiger partial charge in [0.25, 0.3) is 0 Å². The van der Waals surface area contributed by atoms with Crippen LogP contribution in [-0.2, 0) is 14.3 Å². The second kappa shape index (κ2) is 14.1. The van der Waals surface area contributed by atoms with Crippen LogP contribution in [0, 0.1) is 17.2 Å². The van der Waals surface area contributed by atoms with Gasteiger partial charge in [-0.25, -0.2) is 24.4 Å². The van der Waals surface area contributed by atoms with Crippen molar-refractivity contribution in [3.05, 3.63) is 31.0 Å². The molecule has 0 bridgehead atoms. The number of esters is 1. The van der Waals surface area contributed by atoms with Crippen molar-refractivity contribution in [3.8, 4) is 17.3 Å². The van der Waals surface area contributed by atoms with Crippen molar-refractivity contribution in [1.29, 1.82) is 5.26 Å². The van der Waals surface area contributed by atoms with Crippen molar-refractivity contribution in [1.82, 2.24) is 34.9 Å². The van der Waals surface area contributed by atoms with Crippen molar-refractivity contribution in [2.75, 3.05) is 13.7 Å². The molecule has 0 radical (unpaired) electrons. The van der Waals surface area contributed by atoms with Crippen molar-refractivity contribution >= 4 is 29.1 Å². The van der Waals surface area contributed by atoms with Gasteiger partial charge in [0.05, 0.1) is 37.5 Å². The molecule has 1 fully saturated rings. The number of hydrogen-bond acceptors (Lipinski definition) is 9. The Morgan fingerprint density at radius 3 is 2.65 bits per heavy atom. The number of fused-ring (bicyclic) bond motifs is 1. The molecule has 0 saturated heterocycles. The predicted octanol–water partition coefficient (Wildman–Crippen LogP) is 4.73. The summed E-state index contributed by atoms with van der Waals surface area (Å²) in [7, 11) is 1.27. The summed E-state index contributed by atoms with van der Waals surface area (Å²) in [4.78, 5) is 46.4. The van der Waals surface area contributed by atoms with Crippen LogP contribution in [0.2, 0.25) is 0 Å². The zero-order valence-electron chi connectivity index (χ0n) is 25.2. The first-order chi connectivity index (χ1) is 20.6. The smallest absolute Gasteiger partial charge is 0.407 e. The molecule has 3 aromatic rings. The lowest BCUT2D eigenvalue weighted by Crippen LogP contribution is -2.43. The number of nitrogens with zero attached hydrogens (tertiary/aromatic N) is 6. The Hall–Kier alpha value is -4.47. The number of aromatic nitrogens is 5. The van der Waals surface area contributed by atoms with Crippen LogP contribution in [0.3, 0.4) is 0 Å². The number of nitriles is 1. The molecule has 0 aromatic carbocycles. The largest absolute Gasteiger partial charge is 0.467 e. The molecule has 1 saturated carbocycles. The van der Waals surface area contributed by atoms with Crippen LogP contribution in [0.1, 0.15) is 78.2 Å². The molecule has 43 heavy (non-hydrogen) atoms. The Labute approximate surface area is 250 Å². The molecule has 230 valence electrons. The molecule has 3 heterocycles. The number of ether oxygens (including phenoxy) is 2. The van der Waals surface area contributed by atoms with Gasteiger partial charge < -0.3 is 20.1 Å². The highest BCUT2D eigenvalue weighted by molar-refractivity contribution is 5.97. The van der Waals surface area contributed by atoms with Gasteiger partial charge in [-0.2, -0.15) is 10.4 Å². The molecule has 13 heteroatoms. The molecule has 2 atom stereocenters. The fourth-order valence-electron chi connectivity index (χ4n) is 5.49. The van der Waals surface area contributed by atoms with E-state index in [1.165, 1.54) is 30.8 Å². The van der Waals surface area contributed by atoms with Gasteiger partial charge in [0, 0.05) is 29.9 Å². The topological polar surface area (TPSA) is 166 Å². The zero-order chi connectivity index (χ0) is 31.0. The van der Waals surface area contributed by atoms with Gasteiger partial charge in [0.1, 0.15) is 18.0 Å². The van der Waals surface area contributed by atoms with Crippen LogP contribution in [-0.4, -0.2) is 67.7 Å². The third-order valence-corrected chi connectivity index (χ3v) is 7.53. The Morgan fingerprint density at radius 2 is 1.95 bits per heavy atom. The van der Waals surface area contributed by atoms with Crippen LogP contribution in [0.4, 0.5) is 9.59 Å². The third kappa shape index (κ3) is 8.09. The van der Waals surface area contributed by atoms with E-state index in [0.29, 0.717) is 54.9 Å². The van der Waals surface area contributed by atoms with Crippen LogP contribution in [0.25, 0.3) is 22.3 Å². The summed E-state index contributed by atoms with van der Waals surface area (Å²) in [5, 5.41) is 20.1. The molecule has 1 aliphatic carbocycles. The Kier molecular flexibility index (Phi) is 10.3. The lowest BCUT2D eigenvalue weighted by Gasteiger charge is -2.21. The van der Waals surface area contributed by atoms with E-state index in [0.717, 1.165) is 18.4 Å². The first-order valence-electron chi connectivity index (χ1n) is 14.7. The van der Waals surface area contributed by atoms with E-state index in [1.807, 2.05) is 10.9 Å². The summed E-state index contributed by atoms with van der Waals surface area (Å²) >= 11 is 0. The minimum absolute atomic E-state index is 0.0114. The fraction of sp³-hybridized carbons (Fsp3) is 0.567. The first-order valence-corrected chi connectivity index (χ1v) is 14.7. The minimum atomic E-state index is -0.885. The average molecular weight is 593 g/mol. The lowest BCUT2D eigenvalue weighted by molar-refractivity contribution is -0.143. The molecule has 0 spiro atoms. The summed E-state index contributed by atoms with van der Waals surface area (Å²) in [5.41, 5.74) is 1.17. The van der Waals surface area contributed by atoms with Gasteiger partial charge in [0.15, 0.2) is 5.65 Å². The highest BCUT2D eigenvalue weighted by Crippen LogP contribution is 2.36. The standard InChI is InChI=1S/C30H40N8O5/c1-30(2,3)43-29(41)32-15-8-7-11-23(27(39)42-4)36-28(40)37-16-13-22-25(33-19-34-26(22)37)21-17-35-38(18-21)24(12-14-31)20-9-5-6-10-20/h13,16-20,23-24H,5-12,15H2,1-4H3,(H,32,41)(H,36,40)/t23-,24+/m0/s1. The maximum atomic E-state index is 13.3. The molecule has 13 nitrogen and oxygen atoms in total. The number of carbonyl (C=O) groups excluding carboxylic acids is 3. The monoisotopic (exact) mass is 592 g/mol. The summed E-state index contributed by atoms with van der Waals surface area (Å²) in [6.07, 6.45) is 12.5. The normalized spacial score (nSPS) is 15.0. The third-order valence-electron chi connectivity index (χ3n) is 7.53. The Balaban J connectivity index is 1.43. The van der Waals surface area contributed by atoms with Crippen molar-refractivity contribution < 1.29 is 23.9 Å². The summed E-state index contributed by atoms with van der Waals surface area (Å²) < 4.78 is 13.3. The maximum Gasteiger partial charge on any atom is 0.407 e. The van der Waals surface area contributed by atoms with E-state index in [4.69, 9.17) is 9.47 Å². The van der Waals surface area contributed by atoms with E-state index in [9.17, 15) is 19.6 Å². The Morgan fingerprint density at radius 1 is 1.19 bits per heavy atom. The molecule has 3 aromatic heterocycles. The van der Waals surface area contributed by atoms with Crippen LogP contribution < -0.4 is 10.6 Å². The molecule has 0 unspecified atom stereocenters. The zero-order valence-corrected chi connectivity index (χ0v) is 25.2. The summed E-state index contributed by atoms with van der Waals surface area (Å²) in [5.74, 6) is -0.145. The molecule has 1 aliphatic rings. The van der Waals surface area contributed by atoms with Gasteiger partial charge in [-0.3, -0.25) is 9.25 Å². The number of alkyl carbamates (subject to hydrolysis) is 1. The van der Waals surface area contributed by atoms with Gasteiger partial charge in [-0.05, 0) is 64.9 Å². The van der Waals surface area contributed by atoms with Crippen molar-refractivity contribution in [2.45, 2.75) is 89.8 Å². The quantitative estimate of drug-likeness (QED) is 0.236. The molecule has 2 N–H and O–H groups in total. The molecule has 4 rings (SSSR count). The number of rotatable bonds is 11. The second-order valence-electron chi connectivity index (χ2n) is 11.8. The predicted molar refractivity (Wildman–Crippen MR) is 158 cm³/mol. The van der Waals surface area contributed by atoms with E-state index in [2.05, 4.69) is 31.8 Å². The van der Waals surface area contributed by atoms with E-state index in [-0.39, 0.29) is 6.04 Å². The Bertz CT molecular complexity index is 1460. The van der Waals surface area contributed by atoms with Gasteiger partial charge in [-0.15, -0.1) is 0 Å². The number of amides is 2. The average Bonchev–Trinajstić information content (AvgIpc) is 3.75. The minimum Gasteiger partial charge on any atom is -0.467 e. The number of carbonyl (C=O) groups is 3. The first kappa shape index (κ1) is 31.5. The highest BCUT2D eigenvalue weighted by atomic mass is 16.6. The summed E-state index contributed by atoms with van der Waals surface area (Å²) in [6, 6.07) is 2.65. The fourth-order valence-corrected chi connectivity index (χ4v) is 5.49. The van der Waals surface area contributed by atoms with Crippen molar-refractivity contribution in [2.24, 2.45) is 5.92 Å². The van der Waals surface area contributed by atoms with Crippen LogP contribution in [0.15, 0.2) is 31.0 Å². The van der Waals surface area contributed by atoms with Crippen LogP contribution >= 0.6 is 0 Å². The van der Waals surface area contributed by atoms with Gasteiger partial charge in [-0.1, -0.05) is 12.8 Å². The van der Waals surface area contributed by atoms with E-state index < -0.39 is 29.7 Å². The SMILES string of the molecule is COC(=O)[C@H](CCCCNC(=O)OC(C)(C)C)NC(=O)n1ccc2c(-c3cnn([C@H](CC#N)C4CCCC4)c3)ncnc21. The van der Waals surface area contributed by atoms with E-state index in [1.54, 1.807) is 39.2 Å². The second-order valence-corrected chi connectivity index (χ2v) is 11.8. The van der Waals surface area contributed by atoms with Gasteiger partial charge >= 0.3 is 18.1 Å². The number of hydrogen-bond donors (Lipinski definition) is 2. The lowest BCUT2D eigenvalue weighted by atomic mass is 9.96. The summed E-state index contributed by atoms with van der Waals surface area (Å²) in [6.45, 7) is 5.73. The highest BCUT2D eigenvalue weighted by Gasteiger charge is 2.28. The van der Waals surface area contributed by atoms with Crippen LogP contribution in [0.5, 0.6) is 0 Å². The maximum absolute atomic E-state index is 13.3. The molecular formula is C30H40N8O5. The molecule has 2 amide bonds. The van der Waals surface area contributed by atoms with E-state index >= 15 is 0 Å².